The number of halogens is 1. The predicted molar refractivity (Wildman–Crippen MR) is 98.9 cm³/mol. The zero-order valence-electron chi connectivity index (χ0n) is 15.1. The van der Waals surface area contributed by atoms with Gasteiger partial charge in [0, 0.05) is 24.7 Å². The minimum Gasteiger partial charge on any atom is -0.478 e. The highest BCUT2D eigenvalue weighted by Gasteiger charge is 2.29. The molecule has 3 rings (SSSR count). The van der Waals surface area contributed by atoms with Crippen molar-refractivity contribution in [2.75, 3.05) is 32.9 Å². The van der Waals surface area contributed by atoms with Crippen molar-refractivity contribution in [3.05, 3.63) is 64.0 Å². The molecule has 0 aliphatic carbocycles. The highest BCUT2D eigenvalue weighted by atomic mass is 32.2. The lowest BCUT2D eigenvalue weighted by Crippen LogP contribution is -2.40. The molecule has 0 atom stereocenters. The molecule has 2 aromatic rings. The van der Waals surface area contributed by atoms with E-state index in [0.717, 1.165) is 24.3 Å². The zero-order chi connectivity index (χ0) is 21.0. The Bertz CT molecular complexity index is 1020. The summed E-state index contributed by atoms with van der Waals surface area (Å²) in [6.07, 6.45) is 0. The fourth-order valence-corrected chi connectivity index (χ4v) is 4.15. The van der Waals surface area contributed by atoms with Gasteiger partial charge in [-0.25, -0.2) is 12.8 Å². The molecule has 154 valence electrons. The molecule has 2 aromatic carbocycles. The second-order valence-corrected chi connectivity index (χ2v) is 8.06. The van der Waals surface area contributed by atoms with Gasteiger partial charge < -0.3 is 9.47 Å². The van der Waals surface area contributed by atoms with Crippen LogP contribution < -0.4 is 4.74 Å². The molecule has 29 heavy (non-hydrogen) atoms. The number of nitrogens with zero attached hydrogens (tertiary/aromatic N) is 2. The Kier molecular flexibility index (Phi) is 6.20. The molecule has 0 N–H and O–H groups in total. The van der Waals surface area contributed by atoms with E-state index in [2.05, 4.69) is 0 Å². The van der Waals surface area contributed by atoms with Crippen LogP contribution in [0.15, 0.2) is 47.4 Å². The number of ketones is 1. The number of rotatable bonds is 7. The van der Waals surface area contributed by atoms with Crippen LogP contribution in [0, 0.1) is 15.9 Å². The Hall–Kier alpha value is -2.89. The van der Waals surface area contributed by atoms with Crippen molar-refractivity contribution in [2.45, 2.75) is 4.90 Å². The maximum atomic E-state index is 12.9. The van der Waals surface area contributed by atoms with Crippen LogP contribution in [0.5, 0.6) is 5.75 Å². The lowest BCUT2D eigenvalue weighted by atomic mass is 10.1. The van der Waals surface area contributed by atoms with Crippen LogP contribution in [0.4, 0.5) is 10.1 Å². The highest BCUT2D eigenvalue weighted by molar-refractivity contribution is 7.89. The number of hydrogen-bond acceptors (Lipinski definition) is 7. The maximum Gasteiger partial charge on any atom is 0.312 e. The predicted octanol–water partition coefficient (Wildman–Crippen LogP) is 2.02. The van der Waals surface area contributed by atoms with Crippen molar-refractivity contribution >= 4 is 21.5 Å². The molecule has 0 bridgehead atoms. The van der Waals surface area contributed by atoms with Gasteiger partial charge in [0.1, 0.15) is 5.82 Å². The molecule has 11 heteroatoms. The molecule has 0 amide bonds. The third kappa shape index (κ3) is 4.75. The van der Waals surface area contributed by atoms with Crippen molar-refractivity contribution in [2.24, 2.45) is 0 Å². The van der Waals surface area contributed by atoms with Crippen LogP contribution in [-0.2, 0) is 14.8 Å². The summed E-state index contributed by atoms with van der Waals surface area (Å²) >= 11 is 0. The van der Waals surface area contributed by atoms with Gasteiger partial charge in [-0.1, -0.05) is 0 Å². The number of morpholine rings is 1. The van der Waals surface area contributed by atoms with Crippen LogP contribution in [0.3, 0.4) is 0 Å². The Morgan fingerprint density at radius 3 is 2.45 bits per heavy atom. The molecule has 9 nitrogen and oxygen atoms in total. The van der Waals surface area contributed by atoms with Gasteiger partial charge in [0.25, 0.3) is 0 Å². The maximum absolute atomic E-state index is 12.9. The third-order valence-electron chi connectivity index (χ3n) is 4.26. The number of carbonyl (C=O) groups is 1. The van der Waals surface area contributed by atoms with Gasteiger partial charge in [0.15, 0.2) is 18.1 Å². The Labute approximate surface area is 165 Å². The molecule has 1 aliphatic rings. The molecule has 0 spiro atoms. The molecular weight excluding hydrogens is 407 g/mol. The van der Waals surface area contributed by atoms with E-state index in [1.807, 2.05) is 0 Å². The second kappa shape index (κ2) is 8.64. The van der Waals surface area contributed by atoms with Gasteiger partial charge in [0.2, 0.25) is 10.0 Å². The van der Waals surface area contributed by atoms with Crippen molar-refractivity contribution in [3.63, 3.8) is 0 Å². The van der Waals surface area contributed by atoms with Crippen molar-refractivity contribution in [3.8, 4) is 5.75 Å². The Morgan fingerprint density at radius 2 is 1.83 bits per heavy atom. The summed E-state index contributed by atoms with van der Waals surface area (Å²) in [6, 6.07) is 8.00. The Balaban J connectivity index is 1.80. The van der Waals surface area contributed by atoms with E-state index in [0.29, 0.717) is 0 Å². The van der Waals surface area contributed by atoms with Crippen LogP contribution >= 0.6 is 0 Å². The van der Waals surface area contributed by atoms with E-state index in [9.17, 15) is 27.7 Å². The van der Waals surface area contributed by atoms with E-state index in [-0.39, 0.29) is 42.5 Å². The average molecular weight is 424 g/mol. The van der Waals surface area contributed by atoms with Crippen LogP contribution in [0.25, 0.3) is 0 Å². The zero-order valence-corrected chi connectivity index (χ0v) is 15.9. The molecule has 0 saturated carbocycles. The van der Waals surface area contributed by atoms with Gasteiger partial charge >= 0.3 is 5.69 Å². The molecule has 0 radical (unpaired) electrons. The molecule has 1 heterocycles. The molecule has 1 aliphatic heterocycles. The van der Waals surface area contributed by atoms with Crippen molar-refractivity contribution < 1.29 is 32.0 Å². The number of benzene rings is 2. The van der Waals surface area contributed by atoms with Crippen LogP contribution in [0.1, 0.15) is 10.4 Å². The minimum absolute atomic E-state index is 0.153. The number of hydrogen-bond donors (Lipinski definition) is 0. The first-order chi connectivity index (χ1) is 13.8. The summed E-state index contributed by atoms with van der Waals surface area (Å²) < 4.78 is 49.8. The summed E-state index contributed by atoms with van der Waals surface area (Å²) in [5.74, 6) is -1.26. The van der Waals surface area contributed by atoms with E-state index in [1.165, 1.54) is 22.5 Å². The molecule has 0 aromatic heterocycles. The lowest BCUT2D eigenvalue weighted by molar-refractivity contribution is -0.386. The molecule has 1 fully saturated rings. The van der Waals surface area contributed by atoms with Gasteiger partial charge in [0.05, 0.1) is 23.0 Å². The van der Waals surface area contributed by atoms with Crippen molar-refractivity contribution in [1.82, 2.24) is 4.31 Å². The van der Waals surface area contributed by atoms with Gasteiger partial charge in [-0.2, -0.15) is 4.31 Å². The smallest absolute Gasteiger partial charge is 0.312 e. The van der Waals surface area contributed by atoms with Crippen LogP contribution in [0.2, 0.25) is 0 Å². The van der Waals surface area contributed by atoms with E-state index < -0.39 is 38.8 Å². The van der Waals surface area contributed by atoms with E-state index in [1.54, 1.807) is 0 Å². The summed E-state index contributed by atoms with van der Waals surface area (Å²) in [6.45, 7) is 0.269. The van der Waals surface area contributed by atoms with E-state index >= 15 is 0 Å². The SMILES string of the molecule is O=C(COc1ccc(S(=O)(=O)N2CCOCC2)cc1[N+](=O)[O-])c1ccc(F)cc1. The summed E-state index contributed by atoms with van der Waals surface area (Å²) in [5, 5.41) is 11.4. The molecule has 1 saturated heterocycles. The largest absolute Gasteiger partial charge is 0.478 e. The monoisotopic (exact) mass is 424 g/mol. The number of nitro benzene ring substituents is 1. The first kappa shape index (κ1) is 20.8. The normalized spacial score (nSPS) is 15.1. The Morgan fingerprint density at radius 1 is 1.17 bits per heavy atom. The highest BCUT2D eigenvalue weighted by Crippen LogP contribution is 2.31. The van der Waals surface area contributed by atoms with Crippen LogP contribution in [-0.4, -0.2) is 56.3 Å². The number of carbonyl (C=O) groups excluding carboxylic acids is 1. The van der Waals surface area contributed by atoms with Gasteiger partial charge in [-0.3, -0.25) is 14.9 Å². The first-order valence-corrected chi connectivity index (χ1v) is 10.0. The summed E-state index contributed by atoms with van der Waals surface area (Å²) in [4.78, 5) is 22.5. The standard InChI is InChI=1S/C18H17FN2O7S/c19-14-3-1-13(2-4-14)17(22)12-28-18-6-5-15(11-16(18)21(23)24)29(25,26)20-7-9-27-10-8-20/h1-6,11H,7-10,12H2. The molecular formula is C18H17FN2O7S. The first-order valence-electron chi connectivity index (χ1n) is 8.57. The summed E-state index contributed by atoms with van der Waals surface area (Å²) in [5.41, 5.74) is -0.396. The second-order valence-electron chi connectivity index (χ2n) is 6.12. The molecule has 0 unspecified atom stereocenters. The quantitative estimate of drug-likeness (QED) is 0.379. The van der Waals surface area contributed by atoms with Crippen molar-refractivity contribution in [1.29, 1.82) is 0 Å². The van der Waals surface area contributed by atoms with Gasteiger partial charge in [-0.05, 0) is 36.4 Å². The number of Topliss-reactive ketones (excluding diaryl/α,β-unsaturated/α-hetero) is 1. The number of ether oxygens (including phenoxy) is 2. The fraction of sp³-hybridized carbons (Fsp3) is 0.278. The topological polar surface area (TPSA) is 116 Å². The third-order valence-corrected chi connectivity index (χ3v) is 6.15. The fourth-order valence-electron chi connectivity index (χ4n) is 2.72. The van der Waals surface area contributed by atoms with E-state index in [4.69, 9.17) is 9.47 Å². The summed E-state index contributed by atoms with van der Waals surface area (Å²) in [7, 11) is -3.92. The average Bonchev–Trinajstić information content (AvgIpc) is 2.73. The van der Waals surface area contributed by atoms with Gasteiger partial charge in [-0.15, -0.1) is 0 Å². The number of sulfonamides is 1. The lowest BCUT2D eigenvalue weighted by Gasteiger charge is -2.26. The number of nitro groups is 1. The minimum atomic E-state index is -3.92.